The molecule has 13 heavy (non-hydrogen) atoms. The molecule has 0 spiro atoms. The summed E-state index contributed by atoms with van der Waals surface area (Å²) in [7, 11) is 0. The van der Waals surface area contributed by atoms with Gasteiger partial charge in [0.25, 0.3) is 0 Å². The molecule has 2 heteroatoms. The highest BCUT2D eigenvalue weighted by Crippen LogP contribution is 2.21. The van der Waals surface area contributed by atoms with Gasteiger partial charge in [0, 0.05) is 11.6 Å². The van der Waals surface area contributed by atoms with Gasteiger partial charge in [0.1, 0.15) is 5.75 Å². The van der Waals surface area contributed by atoms with E-state index >= 15 is 0 Å². The molecule has 0 fully saturated rings. The summed E-state index contributed by atoms with van der Waals surface area (Å²) in [5, 5.41) is 0.566. The molecule has 1 aromatic carbocycles. The van der Waals surface area contributed by atoms with Gasteiger partial charge in [-0.15, -0.1) is 6.42 Å². The average molecular weight is 195 g/mol. The Bertz CT molecular complexity index is 325. The summed E-state index contributed by atoms with van der Waals surface area (Å²) in [5.74, 6) is 3.26. The standard InChI is InChI=1S/C11H11ClO/c1-3-7-13-10-6-5-9(4-2)11(12)8-10/h2,5-6,8H,3,7H2,1H3. The van der Waals surface area contributed by atoms with Crippen molar-refractivity contribution in [2.45, 2.75) is 13.3 Å². The van der Waals surface area contributed by atoms with Gasteiger partial charge in [-0.2, -0.15) is 0 Å². The van der Waals surface area contributed by atoms with Gasteiger partial charge in [0.2, 0.25) is 0 Å². The normalized spacial score (nSPS) is 9.31. The molecule has 1 rings (SSSR count). The fourth-order valence-electron chi connectivity index (χ4n) is 0.923. The first-order chi connectivity index (χ1) is 6.27. The number of terminal acetylenes is 1. The molecule has 0 aromatic heterocycles. The van der Waals surface area contributed by atoms with Crippen LogP contribution in [0.15, 0.2) is 18.2 Å². The molecule has 0 atom stereocenters. The van der Waals surface area contributed by atoms with Crippen molar-refractivity contribution in [2.75, 3.05) is 6.61 Å². The van der Waals surface area contributed by atoms with E-state index in [0.717, 1.165) is 12.2 Å². The van der Waals surface area contributed by atoms with E-state index in [4.69, 9.17) is 22.8 Å². The van der Waals surface area contributed by atoms with Crippen LogP contribution < -0.4 is 4.74 Å². The minimum atomic E-state index is 0.566. The van der Waals surface area contributed by atoms with E-state index in [9.17, 15) is 0 Å². The van der Waals surface area contributed by atoms with Crippen LogP contribution in [-0.4, -0.2) is 6.61 Å². The second-order valence-electron chi connectivity index (χ2n) is 2.63. The zero-order valence-electron chi connectivity index (χ0n) is 7.51. The van der Waals surface area contributed by atoms with E-state index in [1.807, 2.05) is 6.07 Å². The Morgan fingerprint density at radius 3 is 2.85 bits per heavy atom. The van der Waals surface area contributed by atoms with Gasteiger partial charge in [0.05, 0.1) is 11.6 Å². The highest BCUT2D eigenvalue weighted by molar-refractivity contribution is 6.31. The second kappa shape index (κ2) is 4.79. The first-order valence-electron chi connectivity index (χ1n) is 4.17. The molecule has 0 saturated carbocycles. The predicted molar refractivity (Wildman–Crippen MR) is 55.2 cm³/mol. The molecule has 0 radical (unpaired) electrons. The van der Waals surface area contributed by atoms with E-state index in [1.165, 1.54) is 0 Å². The lowest BCUT2D eigenvalue weighted by molar-refractivity contribution is 0.317. The number of rotatable bonds is 3. The molecule has 0 aliphatic heterocycles. The van der Waals surface area contributed by atoms with E-state index in [2.05, 4.69) is 12.8 Å². The maximum absolute atomic E-state index is 5.89. The molecule has 1 aromatic rings. The summed E-state index contributed by atoms with van der Waals surface area (Å²) in [6.45, 7) is 2.75. The summed E-state index contributed by atoms with van der Waals surface area (Å²) in [6, 6.07) is 5.36. The highest BCUT2D eigenvalue weighted by atomic mass is 35.5. The lowest BCUT2D eigenvalue weighted by Gasteiger charge is -2.05. The summed E-state index contributed by atoms with van der Waals surface area (Å²) in [6.07, 6.45) is 6.21. The molecule has 68 valence electrons. The van der Waals surface area contributed by atoms with Gasteiger partial charge >= 0.3 is 0 Å². The zero-order chi connectivity index (χ0) is 9.68. The summed E-state index contributed by atoms with van der Waals surface area (Å²) >= 11 is 5.89. The van der Waals surface area contributed by atoms with Crippen molar-refractivity contribution < 1.29 is 4.74 Å². The van der Waals surface area contributed by atoms with Crippen LogP contribution in [0, 0.1) is 12.3 Å². The van der Waals surface area contributed by atoms with Crippen molar-refractivity contribution >= 4 is 11.6 Å². The molecule has 0 heterocycles. The number of hydrogen-bond acceptors (Lipinski definition) is 1. The Labute approximate surface area is 83.7 Å². The summed E-state index contributed by atoms with van der Waals surface area (Å²) in [4.78, 5) is 0. The van der Waals surface area contributed by atoms with Gasteiger partial charge in [-0.1, -0.05) is 24.4 Å². The fourth-order valence-corrected chi connectivity index (χ4v) is 1.15. The van der Waals surface area contributed by atoms with Crippen molar-refractivity contribution in [3.8, 4) is 18.1 Å². The fraction of sp³-hybridized carbons (Fsp3) is 0.273. The van der Waals surface area contributed by atoms with Gasteiger partial charge < -0.3 is 4.74 Å². The van der Waals surface area contributed by atoms with Crippen LogP contribution in [0.3, 0.4) is 0 Å². The van der Waals surface area contributed by atoms with Crippen molar-refractivity contribution in [3.63, 3.8) is 0 Å². The van der Waals surface area contributed by atoms with E-state index in [0.29, 0.717) is 17.2 Å². The van der Waals surface area contributed by atoms with Crippen LogP contribution in [0.4, 0.5) is 0 Å². The zero-order valence-corrected chi connectivity index (χ0v) is 8.27. The third-order valence-corrected chi connectivity index (χ3v) is 1.88. The lowest BCUT2D eigenvalue weighted by Crippen LogP contribution is -1.94. The Hall–Kier alpha value is -1.13. The maximum Gasteiger partial charge on any atom is 0.120 e. The quantitative estimate of drug-likeness (QED) is 0.672. The van der Waals surface area contributed by atoms with Crippen molar-refractivity contribution in [1.82, 2.24) is 0 Å². The van der Waals surface area contributed by atoms with E-state index < -0.39 is 0 Å². The molecular formula is C11H11ClO. The minimum Gasteiger partial charge on any atom is -0.494 e. The van der Waals surface area contributed by atoms with Crippen LogP contribution in [0.2, 0.25) is 5.02 Å². The Morgan fingerprint density at radius 1 is 1.54 bits per heavy atom. The van der Waals surface area contributed by atoms with Crippen LogP contribution in [0.25, 0.3) is 0 Å². The first-order valence-corrected chi connectivity index (χ1v) is 4.54. The molecule has 0 aliphatic rings. The molecular weight excluding hydrogens is 184 g/mol. The average Bonchev–Trinajstić information content (AvgIpc) is 2.15. The minimum absolute atomic E-state index is 0.566. The number of halogens is 1. The van der Waals surface area contributed by atoms with Crippen molar-refractivity contribution in [2.24, 2.45) is 0 Å². The summed E-state index contributed by atoms with van der Waals surface area (Å²) in [5.41, 5.74) is 0.700. The third kappa shape index (κ3) is 2.68. The SMILES string of the molecule is C#Cc1ccc(OCCC)cc1Cl. The predicted octanol–water partition coefficient (Wildman–Crippen LogP) is 3.11. The van der Waals surface area contributed by atoms with Crippen molar-refractivity contribution in [3.05, 3.63) is 28.8 Å². The van der Waals surface area contributed by atoms with Crippen molar-refractivity contribution in [1.29, 1.82) is 0 Å². The number of benzene rings is 1. The van der Waals surface area contributed by atoms with Gasteiger partial charge in [-0.3, -0.25) is 0 Å². The Balaban J connectivity index is 2.79. The topological polar surface area (TPSA) is 9.23 Å². The van der Waals surface area contributed by atoms with E-state index in [1.54, 1.807) is 12.1 Å². The Kier molecular flexibility index (Phi) is 3.67. The van der Waals surface area contributed by atoms with Crippen LogP contribution in [0.1, 0.15) is 18.9 Å². The largest absolute Gasteiger partial charge is 0.494 e. The molecule has 0 aliphatic carbocycles. The molecule has 0 saturated heterocycles. The number of hydrogen-bond donors (Lipinski definition) is 0. The van der Waals surface area contributed by atoms with Crippen LogP contribution >= 0.6 is 11.6 Å². The van der Waals surface area contributed by atoms with Crippen LogP contribution in [-0.2, 0) is 0 Å². The van der Waals surface area contributed by atoms with Crippen LogP contribution in [0.5, 0.6) is 5.75 Å². The molecule has 1 nitrogen and oxygen atoms in total. The molecule has 0 unspecified atom stereocenters. The van der Waals surface area contributed by atoms with E-state index in [-0.39, 0.29) is 0 Å². The summed E-state index contributed by atoms with van der Waals surface area (Å²) < 4.78 is 5.38. The monoisotopic (exact) mass is 194 g/mol. The maximum atomic E-state index is 5.89. The second-order valence-corrected chi connectivity index (χ2v) is 3.04. The Morgan fingerprint density at radius 2 is 2.31 bits per heavy atom. The number of ether oxygens (including phenoxy) is 1. The highest BCUT2D eigenvalue weighted by Gasteiger charge is 1.99. The molecule has 0 N–H and O–H groups in total. The third-order valence-electron chi connectivity index (χ3n) is 1.57. The van der Waals surface area contributed by atoms with Gasteiger partial charge in [-0.05, 0) is 18.6 Å². The smallest absolute Gasteiger partial charge is 0.120 e. The lowest BCUT2D eigenvalue weighted by atomic mass is 10.2. The molecule has 0 bridgehead atoms. The van der Waals surface area contributed by atoms with Gasteiger partial charge in [0.15, 0.2) is 0 Å². The van der Waals surface area contributed by atoms with Gasteiger partial charge in [-0.25, -0.2) is 0 Å². The first kappa shape index (κ1) is 9.95. The molecule has 0 amide bonds.